The summed E-state index contributed by atoms with van der Waals surface area (Å²) < 4.78 is 0. The Bertz CT molecular complexity index is 204. The SMILES string of the molecule is CC(C)CCCCCCN1CCCNC1=O. The molecule has 0 unspecified atom stereocenters. The molecule has 1 aliphatic rings. The third kappa shape index (κ3) is 5.38. The van der Waals surface area contributed by atoms with Crippen molar-refractivity contribution >= 4 is 6.03 Å². The van der Waals surface area contributed by atoms with Crippen LogP contribution in [-0.2, 0) is 0 Å². The van der Waals surface area contributed by atoms with Crippen LogP contribution >= 0.6 is 0 Å². The maximum atomic E-state index is 11.4. The zero-order chi connectivity index (χ0) is 11.8. The molecule has 0 aromatic rings. The number of nitrogens with zero attached hydrogens (tertiary/aromatic N) is 1. The van der Waals surface area contributed by atoms with Crippen LogP contribution in [0.1, 0.15) is 52.4 Å². The van der Waals surface area contributed by atoms with Crippen LogP contribution in [0.4, 0.5) is 4.79 Å². The van der Waals surface area contributed by atoms with Crippen molar-refractivity contribution in [3.05, 3.63) is 0 Å². The molecule has 0 bridgehead atoms. The highest BCUT2D eigenvalue weighted by Gasteiger charge is 2.15. The predicted octanol–water partition coefficient (Wildman–Crippen LogP) is 3.01. The van der Waals surface area contributed by atoms with Crippen LogP contribution in [0, 0.1) is 5.92 Å². The Labute approximate surface area is 99.6 Å². The summed E-state index contributed by atoms with van der Waals surface area (Å²) in [7, 11) is 0. The molecule has 1 heterocycles. The summed E-state index contributed by atoms with van der Waals surface area (Å²) in [4.78, 5) is 13.4. The molecule has 1 aliphatic heterocycles. The van der Waals surface area contributed by atoms with Gasteiger partial charge in [0.15, 0.2) is 0 Å². The maximum Gasteiger partial charge on any atom is 0.317 e. The lowest BCUT2D eigenvalue weighted by Gasteiger charge is -2.27. The summed E-state index contributed by atoms with van der Waals surface area (Å²) in [5.74, 6) is 0.827. The minimum atomic E-state index is 0.133. The smallest absolute Gasteiger partial charge is 0.317 e. The largest absolute Gasteiger partial charge is 0.338 e. The van der Waals surface area contributed by atoms with Gasteiger partial charge in [-0.2, -0.15) is 0 Å². The van der Waals surface area contributed by atoms with Crippen molar-refractivity contribution in [3.63, 3.8) is 0 Å². The Morgan fingerprint density at radius 1 is 1.25 bits per heavy atom. The number of carbonyl (C=O) groups excluding carboxylic acids is 1. The number of hydrogen-bond donors (Lipinski definition) is 1. The predicted molar refractivity (Wildman–Crippen MR) is 67.5 cm³/mol. The molecular weight excluding hydrogens is 200 g/mol. The number of hydrogen-bond acceptors (Lipinski definition) is 1. The van der Waals surface area contributed by atoms with Crippen molar-refractivity contribution in [2.24, 2.45) is 5.92 Å². The van der Waals surface area contributed by atoms with Crippen LogP contribution in [0.2, 0.25) is 0 Å². The summed E-state index contributed by atoms with van der Waals surface area (Å²) in [6.07, 6.45) is 7.50. The first-order valence-electron chi connectivity index (χ1n) is 6.73. The maximum absolute atomic E-state index is 11.4. The van der Waals surface area contributed by atoms with Crippen LogP contribution in [0.3, 0.4) is 0 Å². The Hall–Kier alpha value is -0.730. The van der Waals surface area contributed by atoms with E-state index < -0.39 is 0 Å². The average Bonchev–Trinajstić information content (AvgIpc) is 2.25. The van der Waals surface area contributed by atoms with E-state index in [0.717, 1.165) is 38.4 Å². The minimum Gasteiger partial charge on any atom is -0.338 e. The molecule has 2 amide bonds. The minimum absolute atomic E-state index is 0.133. The van der Waals surface area contributed by atoms with Crippen molar-refractivity contribution < 1.29 is 4.79 Å². The molecule has 0 aliphatic carbocycles. The molecule has 1 N–H and O–H groups in total. The van der Waals surface area contributed by atoms with E-state index >= 15 is 0 Å². The van der Waals surface area contributed by atoms with Gasteiger partial charge in [-0.15, -0.1) is 0 Å². The van der Waals surface area contributed by atoms with Crippen molar-refractivity contribution in [2.45, 2.75) is 52.4 Å². The summed E-state index contributed by atoms with van der Waals surface area (Å²) in [5.41, 5.74) is 0. The zero-order valence-electron chi connectivity index (χ0n) is 10.8. The lowest BCUT2D eigenvalue weighted by atomic mass is 10.0. The Balaban J connectivity index is 1.96. The van der Waals surface area contributed by atoms with E-state index in [1.54, 1.807) is 0 Å². The number of carbonyl (C=O) groups is 1. The molecule has 0 aromatic carbocycles. The highest BCUT2D eigenvalue weighted by Crippen LogP contribution is 2.10. The third-order valence-electron chi connectivity index (χ3n) is 3.13. The van der Waals surface area contributed by atoms with Gasteiger partial charge in [0.2, 0.25) is 0 Å². The van der Waals surface area contributed by atoms with E-state index in [1.807, 2.05) is 4.90 Å². The fourth-order valence-corrected chi connectivity index (χ4v) is 2.10. The molecule has 0 saturated carbocycles. The van der Waals surface area contributed by atoms with Gasteiger partial charge in [-0.3, -0.25) is 0 Å². The fourth-order valence-electron chi connectivity index (χ4n) is 2.10. The van der Waals surface area contributed by atoms with E-state index in [-0.39, 0.29) is 6.03 Å². The summed E-state index contributed by atoms with van der Waals surface area (Å²) in [5, 5.41) is 2.89. The van der Waals surface area contributed by atoms with Crippen molar-refractivity contribution in [3.8, 4) is 0 Å². The second-order valence-corrected chi connectivity index (χ2v) is 5.17. The van der Waals surface area contributed by atoms with Crippen LogP contribution in [0.5, 0.6) is 0 Å². The van der Waals surface area contributed by atoms with Crippen molar-refractivity contribution in [1.82, 2.24) is 10.2 Å². The Kier molecular flexibility index (Phi) is 6.27. The first kappa shape index (κ1) is 13.3. The first-order chi connectivity index (χ1) is 7.70. The lowest BCUT2D eigenvalue weighted by Crippen LogP contribution is -2.46. The van der Waals surface area contributed by atoms with Crippen LogP contribution < -0.4 is 5.32 Å². The van der Waals surface area contributed by atoms with Crippen LogP contribution in [0.15, 0.2) is 0 Å². The molecule has 94 valence electrons. The number of unbranched alkanes of at least 4 members (excludes halogenated alkanes) is 3. The van der Waals surface area contributed by atoms with Gasteiger partial charge < -0.3 is 10.2 Å². The van der Waals surface area contributed by atoms with Crippen LogP contribution in [-0.4, -0.2) is 30.6 Å². The van der Waals surface area contributed by atoms with E-state index in [1.165, 1.54) is 25.7 Å². The van der Waals surface area contributed by atoms with Gasteiger partial charge in [-0.25, -0.2) is 4.79 Å². The molecule has 1 fully saturated rings. The third-order valence-corrected chi connectivity index (χ3v) is 3.13. The topological polar surface area (TPSA) is 32.3 Å². The van der Waals surface area contributed by atoms with E-state index in [4.69, 9.17) is 0 Å². The highest BCUT2D eigenvalue weighted by atomic mass is 16.2. The number of urea groups is 1. The van der Waals surface area contributed by atoms with Gasteiger partial charge in [0, 0.05) is 19.6 Å². The zero-order valence-corrected chi connectivity index (χ0v) is 10.8. The number of nitrogens with one attached hydrogen (secondary N) is 1. The van der Waals surface area contributed by atoms with E-state index in [0.29, 0.717) is 0 Å². The van der Waals surface area contributed by atoms with Gasteiger partial charge in [-0.05, 0) is 18.8 Å². The van der Waals surface area contributed by atoms with Gasteiger partial charge in [-0.1, -0.05) is 39.5 Å². The highest BCUT2D eigenvalue weighted by molar-refractivity contribution is 5.74. The van der Waals surface area contributed by atoms with E-state index in [2.05, 4.69) is 19.2 Å². The van der Waals surface area contributed by atoms with Crippen LogP contribution in [0.25, 0.3) is 0 Å². The second-order valence-electron chi connectivity index (χ2n) is 5.17. The summed E-state index contributed by atoms with van der Waals surface area (Å²) >= 11 is 0. The molecule has 1 saturated heterocycles. The molecule has 0 spiro atoms. The molecule has 0 atom stereocenters. The van der Waals surface area contributed by atoms with Gasteiger partial charge in [0.25, 0.3) is 0 Å². The molecule has 1 rings (SSSR count). The second kappa shape index (κ2) is 7.53. The van der Waals surface area contributed by atoms with Gasteiger partial charge >= 0.3 is 6.03 Å². The average molecular weight is 226 g/mol. The number of amides is 2. The van der Waals surface area contributed by atoms with E-state index in [9.17, 15) is 4.79 Å². The fraction of sp³-hybridized carbons (Fsp3) is 0.923. The van der Waals surface area contributed by atoms with Crippen molar-refractivity contribution in [2.75, 3.05) is 19.6 Å². The molecule has 3 heteroatoms. The summed E-state index contributed by atoms with van der Waals surface area (Å²) in [6.45, 7) is 7.28. The molecule has 16 heavy (non-hydrogen) atoms. The first-order valence-corrected chi connectivity index (χ1v) is 6.73. The summed E-state index contributed by atoms with van der Waals surface area (Å²) in [6, 6.07) is 0.133. The monoisotopic (exact) mass is 226 g/mol. The molecular formula is C13H26N2O. The standard InChI is InChI=1S/C13H26N2O/c1-12(2)8-5-3-4-6-10-15-11-7-9-14-13(15)16/h12H,3-11H2,1-2H3,(H,14,16). The van der Waals surface area contributed by atoms with Crippen molar-refractivity contribution in [1.29, 1.82) is 0 Å². The van der Waals surface area contributed by atoms with Gasteiger partial charge in [0.05, 0.1) is 0 Å². The molecule has 0 radical (unpaired) electrons. The molecule has 0 aromatic heterocycles. The van der Waals surface area contributed by atoms with Gasteiger partial charge in [0.1, 0.15) is 0 Å². The lowest BCUT2D eigenvalue weighted by molar-refractivity contribution is 0.185. The quantitative estimate of drug-likeness (QED) is 0.665. The molecule has 3 nitrogen and oxygen atoms in total. The Morgan fingerprint density at radius 2 is 2.00 bits per heavy atom. The number of rotatable bonds is 7. The normalized spacial score (nSPS) is 16.7. The Morgan fingerprint density at radius 3 is 2.69 bits per heavy atom.